The molecule has 0 aromatic carbocycles. The van der Waals surface area contributed by atoms with Gasteiger partial charge in [0, 0.05) is 42.2 Å². The summed E-state index contributed by atoms with van der Waals surface area (Å²) in [6, 6.07) is 3.78. The number of anilines is 1. The number of allylic oxidation sites excluding steroid dienone is 2. The highest BCUT2D eigenvalue weighted by molar-refractivity contribution is 6.19. The second-order valence-electron chi connectivity index (χ2n) is 8.25. The highest BCUT2D eigenvalue weighted by atomic mass is 16.2. The van der Waals surface area contributed by atoms with E-state index in [-0.39, 0.29) is 17.7 Å². The summed E-state index contributed by atoms with van der Waals surface area (Å²) in [5, 5.41) is 13.5. The van der Waals surface area contributed by atoms with Crippen molar-refractivity contribution in [2.75, 3.05) is 12.4 Å². The van der Waals surface area contributed by atoms with Crippen molar-refractivity contribution in [2.45, 2.75) is 20.8 Å². The van der Waals surface area contributed by atoms with Crippen LogP contribution in [0.25, 0.3) is 39.3 Å². The lowest BCUT2D eigenvalue weighted by Gasteiger charge is -2.09. The molecule has 0 fully saturated rings. The molecule has 10 heteroatoms. The van der Waals surface area contributed by atoms with Crippen molar-refractivity contribution in [1.82, 2.24) is 35.5 Å². The number of likely N-dealkylation sites (N-methyl/N-ethyl adjacent to an activating group) is 1. The topological polar surface area (TPSA) is 141 Å². The van der Waals surface area contributed by atoms with E-state index in [9.17, 15) is 9.59 Å². The van der Waals surface area contributed by atoms with Crippen LogP contribution in [0.4, 0.5) is 5.69 Å². The van der Waals surface area contributed by atoms with Crippen molar-refractivity contribution in [3.05, 3.63) is 60.8 Å². The van der Waals surface area contributed by atoms with Crippen LogP contribution in [0.2, 0.25) is 0 Å². The van der Waals surface area contributed by atoms with E-state index in [1.807, 2.05) is 32.9 Å². The molecule has 2 amide bonds. The Balaban J connectivity index is 1.74. The van der Waals surface area contributed by atoms with Crippen LogP contribution in [-0.2, 0) is 9.59 Å². The molecular weight excluding hydrogens is 444 g/mol. The van der Waals surface area contributed by atoms with Crippen LogP contribution < -0.4 is 10.6 Å². The van der Waals surface area contributed by atoms with E-state index in [1.165, 1.54) is 0 Å². The van der Waals surface area contributed by atoms with Crippen molar-refractivity contribution < 1.29 is 9.59 Å². The first-order valence-electron chi connectivity index (χ1n) is 11.0. The molecule has 178 valence electrons. The molecule has 10 nitrogen and oxygen atoms in total. The fourth-order valence-electron chi connectivity index (χ4n) is 3.55. The minimum atomic E-state index is -0.263. The SMILES string of the molecule is C=C/C=C(/C(=O)NC)c1nc(-c2[nH]nc3ncc(-c4cncc(NC(=O)C(C)C)c4)cc23)[nH]c1C. The van der Waals surface area contributed by atoms with Gasteiger partial charge in [0.1, 0.15) is 5.69 Å². The molecule has 4 heterocycles. The van der Waals surface area contributed by atoms with Crippen LogP contribution in [0.1, 0.15) is 25.2 Å². The van der Waals surface area contributed by atoms with E-state index >= 15 is 0 Å². The number of nitrogens with zero attached hydrogens (tertiary/aromatic N) is 4. The predicted octanol–water partition coefficient (Wildman–Crippen LogP) is 3.63. The van der Waals surface area contributed by atoms with Gasteiger partial charge >= 0.3 is 0 Å². The van der Waals surface area contributed by atoms with Gasteiger partial charge in [0.2, 0.25) is 5.91 Å². The Bertz CT molecular complexity index is 1460. The fourth-order valence-corrected chi connectivity index (χ4v) is 3.55. The van der Waals surface area contributed by atoms with Gasteiger partial charge in [-0.25, -0.2) is 9.97 Å². The zero-order chi connectivity index (χ0) is 25.1. The van der Waals surface area contributed by atoms with Gasteiger partial charge in [-0.05, 0) is 25.1 Å². The third kappa shape index (κ3) is 4.72. The van der Waals surface area contributed by atoms with Crippen molar-refractivity contribution in [3.8, 4) is 22.6 Å². The Morgan fingerprint density at radius 2 is 1.91 bits per heavy atom. The first-order valence-corrected chi connectivity index (χ1v) is 11.0. The van der Waals surface area contributed by atoms with E-state index in [4.69, 9.17) is 0 Å². The Kier molecular flexibility index (Phi) is 6.54. The van der Waals surface area contributed by atoms with E-state index in [1.54, 1.807) is 37.8 Å². The van der Waals surface area contributed by atoms with Crippen molar-refractivity contribution in [3.63, 3.8) is 0 Å². The van der Waals surface area contributed by atoms with Crippen LogP contribution in [-0.4, -0.2) is 49.0 Å². The first kappa shape index (κ1) is 23.6. The molecule has 4 N–H and O–H groups in total. The number of hydrogen-bond acceptors (Lipinski definition) is 6. The smallest absolute Gasteiger partial charge is 0.253 e. The van der Waals surface area contributed by atoms with E-state index in [0.717, 1.165) is 22.2 Å². The average Bonchev–Trinajstić information content (AvgIpc) is 3.44. The summed E-state index contributed by atoms with van der Waals surface area (Å²) in [6.07, 6.45) is 8.18. The lowest BCUT2D eigenvalue weighted by molar-refractivity contribution is -0.119. The normalized spacial score (nSPS) is 11.6. The first-order chi connectivity index (χ1) is 16.8. The summed E-state index contributed by atoms with van der Waals surface area (Å²) in [5.74, 6) is 0.0348. The van der Waals surface area contributed by atoms with Crippen LogP contribution >= 0.6 is 0 Å². The van der Waals surface area contributed by atoms with Gasteiger partial charge in [-0.15, -0.1) is 0 Å². The number of aromatic amines is 2. The predicted molar refractivity (Wildman–Crippen MR) is 135 cm³/mol. The maximum atomic E-state index is 12.4. The largest absolute Gasteiger partial charge is 0.355 e. The zero-order valence-corrected chi connectivity index (χ0v) is 19.9. The molecule has 0 unspecified atom stereocenters. The van der Waals surface area contributed by atoms with Crippen molar-refractivity contribution in [1.29, 1.82) is 0 Å². The Hall–Kier alpha value is -4.60. The average molecular weight is 471 g/mol. The highest BCUT2D eigenvalue weighted by Gasteiger charge is 2.20. The maximum Gasteiger partial charge on any atom is 0.253 e. The maximum absolute atomic E-state index is 12.4. The summed E-state index contributed by atoms with van der Waals surface area (Å²) < 4.78 is 0. The molecule has 0 aliphatic carbocycles. The van der Waals surface area contributed by atoms with Gasteiger partial charge in [0.05, 0.1) is 28.5 Å². The molecular formula is C25H26N8O2. The molecule has 0 radical (unpaired) electrons. The number of carbonyl (C=O) groups excluding carboxylic acids is 2. The molecule has 4 rings (SSSR count). The molecule has 0 saturated carbocycles. The Morgan fingerprint density at radius 3 is 2.63 bits per heavy atom. The number of H-pyrrole nitrogens is 2. The molecule has 0 aliphatic heterocycles. The highest BCUT2D eigenvalue weighted by Crippen LogP contribution is 2.30. The van der Waals surface area contributed by atoms with Crippen LogP contribution in [0.15, 0.2) is 49.5 Å². The number of aryl methyl sites for hydroxylation is 1. The number of hydrogen-bond donors (Lipinski definition) is 4. The summed E-state index contributed by atoms with van der Waals surface area (Å²) in [5.41, 5.74) is 4.99. The van der Waals surface area contributed by atoms with Gasteiger partial charge in [0.15, 0.2) is 11.5 Å². The molecule has 35 heavy (non-hydrogen) atoms. The Morgan fingerprint density at radius 1 is 1.14 bits per heavy atom. The lowest BCUT2D eigenvalue weighted by Crippen LogP contribution is -2.19. The number of nitrogens with one attached hydrogen (secondary N) is 4. The summed E-state index contributed by atoms with van der Waals surface area (Å²) in [6.45, 7) is 9.20. The summed E-state index contributed by atoms with van der Waals surface area (Å²) in [4.78, 5) is 41.1. The molecule has 4 aromatic rings. The number of imidazole rings is 1. The monoisotopic (exact) mass is 470 g/mol. The number of amides is 2. The molecule has 0 bridgehead atoms. The lowest BCUT2D eigenvalue weighted by atomic mass is 10.1. The molecule has 0 aliphatic rings. The van der Waals surface area contributed by atoms with Crippen LogP contribution in [0, 0.1) is 12.8 Å². The fraction of sp³-hybridized carbons (Fsp3) is 0.200. The van der Waals surface area contributed by atoms with Gasteiger partial charge in [-0.1, -0.05) is 26.5 Å². The van der Waals surface area contributed by atoms with Crippen LogP contribution in [0.5, 0.6) is 0 Å². The minimum absolute atomic E-state index is 0.0831. The van der Waals surface area contributed by atoms with Crippen molar-refractivity contribution in [2.24, 2.45) is 5.92 Å². The molecule has 4 aromatic heterocycles. The quantitative estimate of drug-likeness (QED) is 0.240. The van der Waals surface area contributed by atoms with Crippen molar-refractivity contribution >= 4 is 34.1 Å². The second kappa shape index (κ2) is 9.72. The minimum Gasteiger partial charge on any atom is -0.355 e. The number of rotatable bonds is 7. The van der Waals surface area contributed by atoms with Gasteiger partial charge in [0.25, 0.3) is 5.91 Å². The standard InChI is InChI=1S/C25H26N8O2/c1-6-7-18(25(35)26-5)20-14(4)29-23(31-20)21-19-9-16(11-28-22(19)33-32-21)15-8-17(12-27-10-15)30-24(34)13(2)3/h6-13H,1H2,2-5H3,(H,26,35)(H,29,31)(H,30,34)(H,28,32,33)/b18-7+. The molecule has 0 spiro atoms. The van der Waals surface area contributed by atoms with E-state index in [2.05, 4.69) is 47.3 Å². The molecule has 0 atom stereocenters. The number of fused-ring (bicyclic) bond motifs is 1. The Labute approximate surface area is 202 Å². The van der Waals surface area contributed by atoms with E-state index < -0.39 is 0 Å². The van der Waals surface area contributed by atoms with Gasteiger partial charge in [-0.3, -0.25) is 19.7 Å². The number of aromatic nitrogens is 6. The third-order valence-electron chi connectivity index (χ3n) is 5.41. The number of pyridine rings is 2. The summed E-state index contributed by atoms with van der Waals surface area (Å²) >= 11 is 0. The van der Waals surface area contributed by atoms with Gasteiger partial charge < -0.3 is 15.6 Å². The van der Waals surface area contributed by atoms with E-state index in [0.29, 0.717) is 34.1 Å². The summed E-state index contributed by atoms with van der Waals surface area (Å²) in [7, 11) is 1.57. The van der Waals surface area contributed by atoms with Crippen LogP contribution in [0.3, 0.4) is 0 Å². The number of carbonyl (C=O) groups is 2. The third-order valence-corrected chi connectivity index (χ3v) is 5.41. The van der Waals surface area contributed by atoms with Gasteiger partial charge in [-0.2, -0.15) is 5.10 Å². The second-order valence-corrected chi connectivity index (χ2v) is 8.25. The zero-order valence-electron chi connectivity index (χ0n) is 19.9. The molecule has 0 saturated heterocycles.